The van der Waals surface area contributed by atoms with E-state index < -0.39 is 16.2 Å². The number of fused-ring (bicyclic) bond motifs is 1. The fourth-order valence-corrected chi connectivity index (χ4v) is 4.15. The summed E-state index contributed by atoms with van der Waals surface area (Å²) in [4.78, 5) is 12.5. The van der Waals surface area contributed by atoms with Crippen molar-refractivity contribution in [3.8, 4) is 0 Å². The summed E-state index contributed by atoms with van der Waals surface area (Å²) >= 11 is 0. The van der Waals surface area contributed by atoms with Gasteiger partial charge in [-0.2, -0.15) is 13.5 Å². The van der Waals surface area contributed by atoms with Gasteiger partial charge in [0.1, 0.15) is 0 Å². The largest absolute Gasteiger partial charge is 0.334 e. The molecule has 2 amide bonds. The number of nitrogens with one attached hydrogen (secondary N) is 3. The van der Waals surface area contributed by atoms with Gasteiger partial charge in [-0.3, -0.25) is 9.40 Å². The van der Waals surface area contributed by atoms with Crippen LogP contribution in [0.2, 0.25) is 0 Å². The van der Waals surface area contributed by atoms with Crippen molar-refractivity contribution >= 4 is 38.5 Å². The molecule has 0 aliphatic heterocycles. The molecule has 0 unspecified atom stereocenters. The first-order valence-electron chi connectivity index (χ1n) is 9.73. The van der Waals surface area contributed by atoms with Crippen LogP contribution in [0, 0.1) is 0 Å². The molecule has 0 aliphatic carbocycles. The molecule has 160 valence electrons. The van der Waals surface area contributed by atoms with Gasteiger partial charge < -0.3 is 5.32 Å². The Morgan fingerprint density at radius 1 is 1.03 bits per heavy atom. The normalized spacial score (nSPS) is 11.8. The van der Waals surface area contributed by atoms with Crippen LogP contribution in [0.15, 0.2) is 42.6 Å². The zero-order valence-corrected chi connectivity index (χ0v) is 18.5. The first-order chi connectivity index (χ1) is 14.1. The van der Waals surface area contributed by atoms with Gasteiger partial charge in [-0.25, -0.2) is 9.52 Å². The third-order valence-corrected chi connectivity index (χ3v) is 5.80. The molecule has 0 saturated carbocycles. The SMILES string of the molecule is CC(C)c1cccc(C(C)C)c1NC(=O)NS(=O)(=O)Nc1ccc2c(cnn2C)c1. The van der Waals surface area contributed by atoms with E-state index in [2.05, 4.69) is 15.1 Å². The van der Waals surface area contributed by atoms with Crippen LogP contribution in [0.3, 0.4) is 0 Å². The molecular weight excluding hydrogens is 402 g/mol. The summed E-state index contributed by atoms with van der Waals surface area (Å²) in [7, 11) is -2.32. The van der Waals surface area contributed by atoms with Gasteiger partial charge >= 0.3 is 16.2 Å². The molecule has 30 heavy (non-hydrogen) atoms. The summed E-state index contributed by atoms with van der Waals surface area (Å²) in [5.74, 6) is 0.333. The summed E-state index contributed by atoms with van der Waals surface area (Å²) in [6, 6.07) is 10.0. The highest BCUT2D eigenvalue weighted by Gasteiger charge is 2.19. The Labute approximate surface area is 176 Å². The number of nitrogens with zero attached hydrogens (tertiary/aromatic N) is 2. The molecule has 8 nitrogen and oxygen atoms in total. The fourth-order valence-electron chi connectivity index (χ4n) is 3.36. The lowest BCUT2D eigenvalue weighted by molar-refractivity contribution is 0.256. The van der Waals surface area contributed by atoms with Crippen molar-refractivity contribution in [2.45, 2.75) is 39.5 Å². The minimum Gasteiger partial charge on any atom is -0.307 e. The summed E-state index contributed by atoms with van der Waals surface area (Å²) in [5, 5.41) is 7.65. The third-order valence-electron chi connectivity index (χ3n) is 4.84. The van der Waals surface area contributed by atoms with E-state index in [1.165, 1.54) is 0 Å². The smallest absolute Gasteiger partial charge is 0.307 e. The Balaban J connectivity index is 1.78. The number of aromatic nitrogens is 2. The molecule has 3 N–H and O–H groups in total. The number of para-hydroxylation sites is 1. The van der Waals surface area contributed by atoms with Crippen molar-refractivity contribution in [3.05, 3.63) is 53.7 Å². The van der Waals surface area contributed by atoms with Gasteiger partial charge in [-0.15, -0.1) is 0 Å². The standard InChI is InChI=1S/C21H27N5O3S/c1-13(2)17-7-6-8-18(14(3)4)20(17)23-21(27)25-30(28,29)24-16-9-10-19-15(11-16)12-22-26(19)5/h6-14,24H,1-5H3,(H2,23,25,27). The molecule has 0 atom stereocenters. The summed E-state index contributed by atoms with van der Waals surface area (Å²) in [6.45, 7) is 8.09. The molecule has 0 spiro atoms. The van der Waals surface area contributed by atoms with Crippen LogP contribution in [0.5, 0.6) is 0 Å². The molecule has 1 heterocycles. The number of anilines is 2. The van der Waals surface area contributed by atoms with Gasteiger partial charge in [0.05, 0.1) is 17.4 Å². The van der Waals surface area contributed by atoms with Crippen molar-refractivity contribution in [1.82, 2.24) is 14.5 Å². The van der Waals surface area contributed by atoms with Crippen LogP contribution in [0.25, 0.3) is 10.9 Å². The van der Waals surface area contributed by atoms with Gasteiger partial charge in [-0.1, -0.05) is 45.9 Å². The summed E-state index contributed by atoms with van der Waals surface area (Å²) in [5.41, 5.74) is 3.75. The maximum atomic E-state index is 12.5. The topological polar surface area (TPSA) is 105 Å². The number of hydrogen-bond donors (Lipinski definition) is 3. The maximum Gasteiger partial charge on any atom is 0.334 e. The van der Waals surface area contributed by atoms with Crippen molar-refractivity contribution in [2.75, 3.05) is 10.0 Å². The Morgan fingerprint density at radius 2 is 1.67 bits per heavy atom. The average molecular weight is 430 g/mol. The van der Waals surface area contributed by atoms with Crippen LogP contribution in [0.4, 0.5) is 16.2 Å². The van der Waals surface area contributed by atoms with E-state index in [9.17, 15) is 13.2 Å². The van der Waals surface area contributed by atoms with Crippen molar-refractivity contribution < 1.29 is 13.2 Å². The van der Waals surface area contributed by atoms with Crippen LogP contribution in [-0.4, -0.2) is 24.2 Å². The maximum absolute atomic E-state index is 12.5. The molecular formula is C21H27N5O3S. The van der Waals surface area contributed by atoms with E-state index in [0.717, 1.165) is 22.0 Å². The van der Waals surface area contributed by atoms with Crippen LogP contribution < -0.4 is 14.8 Å². The van der Waals surface area contributed by atoms with Crippen LogP contribution in [0.1, 0.15) is 50.7 Å². The Kier molecular flexibility index (Phi) is 6.02. The Hall–Kier alpha value is -3.07. The van der Waals surface area contributed by atoms with E-state index >= 15 is 0 Å². The molecule has 0 aliphatic rings. The number of benzene rings is 2. The zero-order chi connectivity index (χ0) is 22.1. The Bertz CT molecular complexity index is 1160. The average Bonchev–Trinajstić information content (AvgIpc) is 3.00. The number of aryl methyl sites for hydroxylation is 1. The molecule has 0 bridgehead atoms. The number of hydrogen-bond acceptors (Lipinski definition) is 4. The number of urea groups is 1. The second-order valence-electron chi connectivity index (χ2n) is 7.82. The van der Waals surface area contributed by atoms with E-state index in [-0.39, 0.29) is 11.8 Å². The van der Waals surface area contributed by atoms with Crippen LogP contribution >= 0.6 is 0 Å². The second kappa shape index (κ2) is 8.35. The monoisotopic (exact) mass is 429 g/mol. The predicted octanol–water partition coefficient (Wildman–Crippen LogP) is 4.30. The number of amides is 2. The van der Waals surface area contributed by atoms with Gasteiger partial charge in [-0.05, 0) is 41.2 Å². The minimum absolute atomic E-state index is 0.167. The van der Waals surface area contributed by atoms with Gasteiger partial charge in [0, 0.05) is 18.1 Å². The molecule has 0 fully saturated rings. The lowest BCUT2D eigenvalue weighted by Gasteiger charge is -2.20. The highest BCUT2D eigenvalue weighted by Crippen LogP contribution is 2.32. The predicted molar refractivity (Wildman–Crippen MR) is 120 cm³/mol. The highest BCUT2D eigenvalue weighted by atomic mass is 32.2. The van der Waals surface area contributed by atoms with Gasteiger partial charge in [0.15, 0.2) is 0 Å². The fraction of sp³-hybridized carbons (Fsp3) is 0.333. The molecule has 0 saturated heterocycles. The van der Waals surface area contributed by atoms with Crippen molar-refractivity contribution in [2.24, 2.45) is 7.05 Å². The number of carbonyl (C=O) groups excluding carboxylic acids is 1. The lowest BCUT2D eigenvalue weighted by Crippen LogP contribution is -2.38. The molecule has 3 rings (SSSR count). The molecule has 1 aromatic heterocycles. The van der Waals surface area contributed by atoms with Gasteiger partial charge in [0.2, 0.25) is 0 Å². The molecule has 2 aromatic carbocycles. The first kappa shape index (κ1) is 21.6. The molecule has 0 radical (unpaired) electrons. The quantitative estimate of drug-likeness (QED) is 0.543. The number of carbonyl (C=O) groups is 1. The second-order valence-corrected chi connectivity index (χ2v) is 9.24. The lowest BCUT2D eigenvalue weighted by atomic mass is 9.93. The number of rotatable bonds is 6. The Morgan fingerprint density at radius 3 is 2.27 bits per heavy atom. The highest BCUT2D eigenvalue weighted by molar-refractivity contribution is 7.91. The third kappa shape index (κ3) is 4.73. The van der Waals surface area contributed by atoms with E-state index in [1.54, 1.807) is 36.1 Å². The zero-order valence-electron chi connectivity index (χ0n) is 17.7. The summed E-state index contributed by atoms with van der Waals surface area (Å²) in [6.07, 6.45) is 1.64. The van der Waals surface area contributed by atoms with Crippen molar-refractivity contribution in [1.29, 1.82) is 0 Å². The van der Waals surface area contributed by atoms with E-state index in [1.807, 2.05) is 50.6 Å². The van der Waals surface area contributed by atoms with Crippen LogP contribution in [-0.2, 0) is 17.3 Å². The summed E-state index contributed by atoms with van der Waals surface area (Å²) < 4.78 is 31.0. The van der Waals surface area contributed by atoms with E-state index in [4.69, 9.17) is 0 Å². The molecule has 3 aromatic rings. The van der Waals surface area contributed by atoms with E-state index in [0.29, 0.717) is 11.4 Å². The minimum atomic E-state index is -4.12. The van der Waals surface area contributed by atoms with Crippen molar-refractivity contribution in [3.63, 3.8) is 0 Å². The van der Waals surface area contributed by atoms with Gasteiger partial charge in [0.25, 0.3) is 0 Å². The first-order valence-corrected chi connectivity index (χ1v) is 11.2. The molecule has 9 heteroatoms.